The molecule has 11 heavy (non-hydrogen) atoms. The number of rotatable bonds is 1. The molecule has 0 unspecified atom stereocenters. The molecule has 0 saturated carbocycles. The predicted molar refractivity (Wildman–Crippen MR) is 44.5 cm³/mol. The Balaban J connectivity index is 2.29. The van der Waals surface area contributed by atoms with Crippen LogP contribution in [0.5, 0.6) is 0 Å². The van der Waals surface area contributed by atoms with Crippen molar-refractivity contribution in [3.8, 4) is 0 Å². The number of nitrogens with zero attached hydrogens (tertiary/aromatic N) is 1. The Morgan fingerprint density at radius 1 is 1.45 bits per heavy atom. The van der Waals surface area contributed by atoms with Crippen LogP contribution in [0.1, 0.15) is 12.6 Å². The third kappa shape index (κ3) is 1.03. The highest BCUT2D eigenvalue weighted by Gasteiger charge is 2.34. The third-order valence-electron chi connectivity index (χ3n) is 2.31. The summed E-state index contributed by atoms with van der Waals surface area (Å²) in [6.07, 6.45) is 1.86. The fraction of sp³-hybridized carbons (Fsp3) is 0.444. The van der Waals surface area contributed by atoms with Crippen molar-refractivity contribution in [2.24, 2.45) is 0 Å². The van der Waals surface area contributed by atoms with E-state index in [9.17, 15) is 0 Å². The van der Waals surface area contributed by atoms with Crippen molar-refractivity contribution in [3.63, 3.8) is 0 Å². The van der Waals surface area contributed by atoms with E-state index >= 15 is 0 Å². The van der Waals surface area contributed by atoms with Crippen LogP contribution in [-0.2, 0) is 5.41 Å². The summed E-state index contributed by atoms with van der Waals surface area (Å²) >= 11 is 0. The number of nitrogens with one attached hydrogen (secondary N) is 1. The molecular formula is C9H12N2. The molecule has 0 aliphatic carbocycles. The Kier molecular flexibility index (Phi) is 1.43. The van der Waals surface area contributed by atoms with Crippen LogP contribution in [0.3, 0.4) is 0 Å². The van der Waals surface area contributed by atoms with Crippen LogP contribution in [0.4, 0.5) is 0 Å². The molecule has 58 valence electrons. The van der Waals surface area contributed by atoms with Crippen LogP contribution in [0.2, 0.25) is 0 Å². The average molecular weight is 148 g/mol. The second-order valence-electron chi connectivity index (χ2n) is 3.38. The van der Waals surface area contributed by atoms with E-state index in [1.165, 1.54) is 5.69 Å². The van der Waals surface area contributed by atoms with E-state index in [1.807, 2.05) is 18.3 Å². The molecule has 1 fully saturated rings. The first-order valence-corrected chi connectivity index (χ1v) is 3.93. The van der Waals surface area contributed by atoms with Gasteiger partial charge in [0.2, 0.25) is 0 Å². The molecule has 0 bridgehead atoms. The van der Waals surface area contributed by atoms with Gasteiger partial charge in [0, 0.05) is 30.4 Å². The smallest absolute Gasteiger partial charge is 0.0488 e. The molecule has 2 heterocycles. The molecule has 0 aromatic carbocycles. The van der Waals surface area contributed by atoms with Crippen molar-refractivity contribution in [1.29, 1.82) is 0 Å². The fourth-order valence-corrected chi connectivity index (χ4v) is 1.40. The minimum atomic E-state index is 0.293. The molecule has 2 rings (SSSR count). The molecule has 0 spiro atoms. The average Bonchev–Trinajstić information content (AvgIpc) is 2.02. The van der Waals surface area contributed by atoms with Crippen molar-refractivity contribution in [3.05, 3.63) is 30.1 Å². The van der Waals surface area contributed by atoms with Crippen LogP contribution in [-0.4, -0.2) is 18.1 Å². The fourth-order valence-electron chi connectivity index (χ4n) is 1.40. The van der Waals surface area contributed by atoms with Gasteiger partial charge < -0.3 is 5.32 Å². The van der Waals surface area contributed by atoms with Gasteiger partial charge in [-0.2, -0.15) is 0 Å². The molecule has 1 aliphatic rings. The number of pyridine rings is 1. The Bertz CT molecular complexity index is 239. The van der Waals surface area contributed by atoms with E-state index < -0.39 is 0 Å². The largest absolute Gasteiger partial charge is 0.315 e. The topological polar surface area (TPSA) is 24.9 Å². The summed E-state index contributed by atoms with van der Waals surface area (Å²) in [5.74, 6) is 0. The van der Waals surface area contributed by atoms with E-state index in [2.05, 4.69) is 23.3 Å². The lowest BCUT2D eigenvalue weighted by Crippen LogP contribution is -2.55. The molecule has 0 amide bonds. The first-order chi connectivity index (χ1) is 5.31. The van der Waals surface area contributed by atoms with Gasteiger partial charge in [0.15, 0.2) is 0 Å². The summed E-state index contributed by atoms with van der Waals surface area (Å²) in [6, 6.07) is 6.10. The molecule has 1 saturated heterocycles. The van der Waals surface area contributed by atoms with Gasteiger partial charge in [-0.1, -0.05) is 13.0 Å². The standard InChI is InChI=1S/C9H12N2/c1-9(6-10-7-9)8-4-2-3-5-11-8/h2-5,10H,6-7H2,1H3. The molecule has 2 nitrogen and oxygen atoms in total. The van der Waals surface area contributed by atoms with E-state index in [0.29, 0.717) is 5.41 Å². The zero-order valence-electron chi connectivity index (χ0n) is 6.67. The second-order valence-corrected chi connectivity index (χ2v) is 3.38. The summed E-state index contributed by atoms with van der Waals surface area (Å²) in [5, 5.41) is 3.26. The first-order valence-electron chi connectivity index (χ1n) is 3.93. The molecule has 2 heteroatoms. The second kappa shape index (κ2) is 2.31. The number of hydrogen-bond acceptors (Lipinski definition) is 2. The zero-order chi connectivity index (χ0) is 7.73. The van der Waals surface area contributed by atoms with Crippen molar-refractivity contribution >= 4 is 0 Å². The van der Waals surface area contributed by atoms with Crippen molar-refractivity contribution in [1.82, 2.24) is 10.3 Å². The van der Waals surface area contributed by atoms with E-state index in [0.717, 1.165) is 13.1 Å². The van der Waals surface area contributed by atoms with Gasteiger partial charge in [-0.05, 0) is 12.1 Å². The maximum atomic E-state index is 4.33. The summed E-state index contributed by atoms with van der Waals surface area (Å²) in [4.78, 5) is 4.33. The maximum Gasteiger partial charge on any atom is 0.0488 e. The monoisotopic (exact) mass is 148 g/mol. The molecule has 1 aliphatic heterocycles. The lowest BCUT2D eigenvalue weighted by atomic mass is 9.80. The molecule has 1 N–H and O–H groups in total. The zero-order valence-corrected chi connectivity index (χ0v) is 6.67. The Labute approximate surface area is 66.7 Å². The van der Waals surface area contributed by atoms with Crippen LogP contribution in [0.15, 0.2) is 24.4 Å². The normalized spacial score (nSPS) is 20.8. The van der Waals surface area contributed by atoms with Crippen LogP contribution in [0, 0.1) is 0 Å². The first kappa shape index (κ1) is 6.80. The van der Waals surface area contributed by atoms with Gasteiger partial charge in [0.05, 0.1) is 0 Å². The Morgan fingerprint density at radius 3 is 2.73 bits per heavy atom. The Hall–Kier alpha value is -0.890. The van der Waals surface area contributed by atoms with Gasteiger partial charge in [-0.3, -0.25) is 4.98 Å². The number of hydrogen-bond donors (Lipinski definition) is 1. The van der Waals surface area contributed by atoms with Crippen molar-refractivity contribution in [2.75, 3.05) is 13.1 Å². The minimum absolute atomic E-state index is 0.293. The van der Waals surface area contributed by atoms with E-state index in [4.69, 9.17) is 0 Å². The van der Waals surface area contributed by atoms with Gasteiger partial charge in [0.1, 0.15) is 0 Å². The third-order valence-corrected chi connectivity index (χ3v) is 2.31. The van der Waals surface area contributed by atoms with Crippen LogP contribution in [0.25, 0.3) is 0 Å². The van der Waals surface area contributed by atoms with Crippen LogP contribution >= 0.6 is 0 Å². The predicted octanol–water partition coefficient (Wildman–Crippen LogP) is 0.943. The maximum absolute atomic E-state index is 4.33. The van der Waals surface area contributed by atoms with Crippen LogP contribution < -0.4 is 5.32 Å². The highest BCUT2D eigenvalue weighted by molar-refractivity contribution is 5.20. The molecule has 1 aromatic heterocycles. The summed E-state index contributed by atoms with van der Waals surface area (Å²) < 4.78 is 0. The van der Waals surface area contributed by atoms with Gasteiger partial charge in [-0.15, -0.1) is 0 Å². The molecule has 0 atom stereocenters. The summed E-state index contributed by atoms with van der Waals surface area (Å²) in [5.41, 5.74) is 1.50. The highest BCUT2D eigenvalue weighted by Crippen LogP contribution is 2.25. The lowest BCUT2D eigenvalue weighted by molar-refractivity contribution is 0.298. The molecule has 0 radical (unpaired) electrons. The van der Waals surface area contributed by atoms with E-state index in [1.54, 1.807) is 0 Å². The summed E-state index contributed by atoms with van der Waals surface area (Å²) in [7, 11) is 0. The molecule has 1 aromatic rings. The number of aromatic nitrogens is 1. The van der Waals surface area contributed by atoms with Crippen molar-refractivity contribution < 1.29 is 0 Å². The Morgan fingerprint density at radius 2 is 2.27 bits per heavy atom. The lowest BCUT2D eigenvalue weighted by Gasteiger charge is -2.38. The highest BCUT2D eigenvalue weighted by atomic mass is 15.0. The van der Waals surface area contributed by atoms with Gasteiger partial charge in [0.25, 0.3) is 0 Å². The van der Waals surface area contributed by atoms with Gasteiger partial charge in [-0.25, -0.2) is 0 Å². The summed E-state index contributed by atoms with van der Waals surface area (Å²) in [6.45, 7) is 4.36. The minimum Gasteiger partial charge on any atom is -0.315 e. The SMILES string of the molecule is CC1(c2ccccn2)CNC1. The quantitative estimate of drug-likeness (QED) is 0.641. The van der Waals surface area contributed by atoms with Gasteiger partial charge >= 0.3 is 0 Å². The molecular weight excluding hydrogens is 136 g/mol. The van der Waals surface area contributed by atoms with E-state index in [-0.39, 0.29) is 0 Å². The van der Waals surface area contributed by atoms with Crippen molar-refractivity contribution in [2.45, 2.75) is 12.3 Å².